The van der Waals surface area contributed by atoms with Gasteiger partial charge in [0.15, 0.2) is 0 Å². The molecule has 0 saturated heterocycles. The van der Waals surface area contributed by atoms with Crippen molar-refractivity contribution in [1.82, 2.24) is 14.5 Å². The van der Waals surface area contributed by atoms with E-state index in [1.54, 1.807) is 0 Å². The van der Waals surface area contributed by atoms with E-state index in [1.165, 1.54) is 24.8 Å². The van der Waals surface area contributed by atoms with E-state index in [2.05, 4.69) is 44.9 Å². The second-order valence-corrected chi connectivity index (χ2v) is 7.52. The molecular formula is C21H23N3O. The maximum Gasteiger partial charge on any atom is 0.0961 e. The Morgan fingerprint density at radius 3 is 2.68 bits per heavy atom. The Bertz CT molecular complexity index is 912. The van der Waals surface area contributed by atoms with Gasteiger partial charge in [-0.3, -0.25) is 4.98 Å². The van der Waals surface area contributed by atoms with Crippen molar-refractivity contribution in [2.75, 3.05) is 0 Å². The molecule has 0 spiro atoms. The number of fused-ring (bicyclic) bond motifs is 1. The van der Waals surface area contributed by atoms with Gasteiger partial charge in [-0.2, -0.15) is 0 Å². The molecule has 2 aromatic heterocycles. The summed E-state index contributed by atoms with van der Waals surface area (Å²) in [5.74, 6) is 0.730. The van der Waals surface area contributed by atoms with Gasteiger partial charge in [-0.05, 0) is 61.4 Å². The van der Waals surface area contributed by atoms with Crippen LogP contribution < -0.4 is 0 Å². The van der Waals surface area contributed by atoms with E-state index in [0.717, 1.165) is 47.5 Å². The van der Waals surface area contributed by atoms with Crippen LogP contribution in [0, 0.1) is 0 Å². The lowest BCUT2D eigenvalue weighted by molar-refractivity contribution is 0.0773. The normalized spacial score (nSPS) is 23.9. The lowest BCUT2D eigenvalue weighted by Crippen LogP contribution is -2.27. The lowest BCUT2D eigenvalue weighted by Gasteiger charge is -2.29. The van der Waals surface area contributed by atoms with Crippen LogP contribution in [0.1, 0.15) is 56.0 Å². The Labute approximate surface area is 147 Å². The van der Waals surface area contributed by atoms with Crippen molar-refractivity contribution in [3.8, 4) is 11.3 Å². The molecule has 3 aromatic rings. The van der Waals surface area contributed by atoms with Crippen molar-refractivity contribution in [3.63, 3.8) is 0 Å². The van der Waals surface area contributed by atoms with E-state index >= 15 is 0 Å². The largest absolute Gasteiger partial charge is 0.391 e. The van der Waals surface area contributed by atoms with Crippen LogP contribution in [0.4, 0.5) is 0 Å². The van der Waals surface area contributed by atoms with E-state index in [4.69, 9.17) is 0 Å². The fourth-order valence-corrected chi connectivity index (χ4v) is 4.14. The van der Waals surface area contributed by atoms with Crippen molar-refractivity contribution in [3.05, 3.63) is 48.4 Å². The van der Waals surface area contributed by atoms with Gasteiger partial charge in [0.05, 0.1) is 35.2 Å². The first-order chi connectivity index (χ1) is 12.3. The third-order valence-corrected chi connectivity index (χ3v) is 5.75. The third-order valence-electron chi connectivity index (χ3n) is 5.75. The zero-order valence-corrected chi connectivity index (χ0v) is 14.3. The summed E-state index contributed by atoms with van der Waals surface area (Å²) < 4.78 is 2.17. The van der Waals surface area contributed by atoms with Crippen LogP contribution in [0.3, 0.4) is 0 Å². The van der Waals surface area contributed by atoms with Gasteiger partial charge in [-0.15, -0.1) is 0 Å². The second-order valence-electron chi connectivity index (χ2n) is 7.52. The zero-order chi connectivity index (χ0) is 16.8. The third kappa shape index (κ3) is 2.74. The summed E-state index contributed by atoms with van der Waals surface area (Å²) in [6.07, 6.45) is 10.3. The SMILES string of the molecule is O[C@@H]1CCCC[C@H]1n1cnc2ccc(-c3cc(C4CC4)ccn3)cc21. The van der Waals surface area contributed by atoms with Crippen LogP contribution in [0.25, 0.3) is 22.3 Å². The first-order valence-electron chi connectivity index (χ1n) is 9.40. The second kappa shape index (κ2) is 5.95. The molecule has 0 radical (unpaired) electrons. The van der Waals surface area contributed by atoms with Crippen molar-refractivity contribution in [2.24, 2.45) is 0 Å². The number of benzene rings is 1. The van der Waals surface area contributed by atoms with Gasteiger partial charge in [0.2, 0.25) is 0 Å². The number of aliphatic hydroxyl groups excluding tert-OH is 1. The molecule has 2 aliphatic carbocycles. The first kappa shape index (κ1) is 15.1. The van der Waals surface area contributed by atoms with Crippen molar-refractivity contribution in [2.45, 2.75) is 56.6 Å². The maximum absolute atomic E-state index is 10.4. The molecule has 0 amide bonds. The number of aliphatic hydroxyl groups is 1. The Balaban J connectivity index is 1.56. The van der Waals surface area contributed by atoms with E-state index < -0.39 is 0 Å². The fraction of sp³-hybridized carbons (Fsp3) is 0.429. The number of hydrogen-bond acceptors (Lipinski definition) is 3. The lowest BCUT2D eigenvalue weighted by atomic mass is 9.92. The summed E-state index contributed by atoms with van der Waals surface area (Å²) in [4.78, 5) is 9.14. The van der Waals surface area contributed by atoms with Crippen LogP contribution >= 0.6 is 0 Å². The molecule has 2 fully saturated rings. The van der Waals surface area contributed by atoms with Crippen molar-refractivity contribution in [1.29, 1.82) is 0 Å². The number of aromatic nitrogens is 3. The van der Waals surface area contributed by atoms with Crippen LogP contribution in [0.15, 0.2) is 42.9 Å². The predicted octanol–water partition coefficient (Wildman–Crippen LogP) is 4.45. The summed E-state index contributed by atoms with van der Waals surface area (Å²) in [6.45, 7) is 0. The van der Waals surface area contributed by atoms with Gasteiger partial charge >= 0.3 is 0 Å². The van der Waals surface area contributed by atoms with Gasteiger partial charge in [0.1, 0.15) is 0 Å². The summed E-state index contributed by atoms with van der Waals surface area (Å²) in [5.41, 5.74) is 5.65. The van der Waals surface area contributed by atoms with E-state index in [-0.39, 0.29) is 12.1 Å². The molecule has 0 unspecified atom stereocenters. The highest BCUT2D eigenvalue weighted by Gasteiger charge is 2.26. The monoisotopic (exact) mass is 333 g/mol. The van der Waals surface area contributed by atoms with Gasteiger partial charge in [0, 0.05) is 11.8 Å². The number of pyridine rings is 1. The molecule has 2 heterocycles. The highest BCUT2D eigenvalue weighted by molar-refractivity contribution is 5.81. The highest BCUT2D eigenvalue weighted by atomic mass is 16.3. The smallest absolute Gasteiger partial charge is 0.0961 e. The first-order valence-corrected chi connectivity index (χ1v) is 9.40. The Hall–Kier alpha value is -2.20. The van der Waals surface area contributed by atoms with Gasteiger partial charge in [-0.1, -0.05) is 18.9 Å². The zero-order valence-electron chi connectivity index (χ0n) is 14.3. The van der Waals surface area contributed by atoms with Crippen molar-refractivity contribution < 1.29 is 5.11 Å². The molecule has 4 nitrogen and oxygen atoms in total. The topological polar surface area (TPSA) is 50.9 Å². The maximum atomic E-state index is 10.4. The quantitative estimate of drug-likeness (QED) is 0.770. The molecule has 2 aliphatic rings. The average Bonchev–Trinajstić information content (AvgIpc) is 3.42. The van der Waals surface area contributed by atoms with E-state index in [9.17, 15) is 5.11 Å². The van der Waals surface area contributed by atoms with Crippen molar-refractivity contribution >= 4 is 11.0 Å². The summed E-state index contributed by atoms with van der Waals surface area (Å²) in [6, 6.07) is 10.9. The molecule has 5 rings (SSSR count). The summed E-state index contributed by atoms with van der Waals surface area (Å²) in [7, 11) is 0. The molecule has 0 bridgehead atoms. The minimum atomic E-state index is -0.272. The minimum Gasteiger partial charge on any atom is -0.391 e. The van der Waals surface area contributed by atoms with Gasteiger partial charge < -0.3 is 9.67 Å². The Morgan fingerprint density at radius 1 is 0.960 bits per heavy atom. The standard InChI is InChI=1S/C21H23N3O/c25-21-4-2-1-3-19(21)24-13-23-17-8-7-16(12-20(17)24)18-11-15(9-10-22-18)14-5-6-14/h7-14,19,21,25H,1-6H2/t19-,21-/m1/s1. The molecule has 4 heteroatoms. The minimum absolute atomic E-state index is 0.139. The Kier molecular flexibility index (Phi) is 3.59. The number of nitrogens with zero attached hydrogens (tertiary/aromatic N) is 3. The van der Waals surface area contributed by atoms with E-state index in [1.807, 2.05) is 12.5 Å². The van der Waals surface area contributed by atoms with Crippen LogP contribution in [0.2, 0.25) is 0 Å². The fourth-order valence-electron chi connectivity index (χ4n) is 4.14. The average molecular weight is 333 g/mol. The summed E-state index contributed by atoms with van der Waals surface area (Å²) in [5, 5.41) is 10.4. The molecule has 2 atom stereocenters. The molecule has 1 aromatic carbocycles. The molecule has 128 valence electrons. The van der Waals surface area contributed by atoms with Crippen LogP contribution in [-0.2, 0) is 0 Å². The van der Waals surface area contributed by atoms with Crippen LogP contribution in [0.5, 0.6) is 0 Å². The van der Waals surface area contributed by atoms with Gasteiger partial charge in [-0.25, -0.2) is 4.98 Å². The van der Waals surface area contributed by atoms with Crippen LogP contribution in [-0.4, -0.2) is 25.7 Å². The molecular weight excluding hydrogens is 310 g/mol. The highest BCUT2D eigenvalue weighted by Crippen LogP contribution is 2.41. The molecule has 1 N–H and O–H groups in total. The molecule has 0 aliphatic heterocycles. The van der Waals surface area contributed by atoms with E-state index in [0.29, 0.717) is 0 Å². The predicted molar refractivity (Wildman–Crippen MR) is 98.5 cm³/mol. The molecule has 25 heavy (non-hydrogen) atoms. The number of rotatable bonds is 3. The number of hydrogen-bond donors (Lipinski definition) is 1. The number of imidazole rings is 1. The Morgan fingerprint density at radius 2 is 1.84 bits per heavy atom. The summed E-state index contributed by atoms with van der Waals surface area (Å²) >= 11 is 0. The van der Waals surface area contributed by atoms with Gasteiger partial charge in [0.25, 0.3) is 0 Å². The molecule has 2 saturated carbocycles.